The molecule has 0 spiro atoms. The second-order valence-electron chi connectivity index (χ2n) is 7.46. The molecule has 1 atom stereocenters. The van der Waals surface area contributed by atoms with E-state index in [-0.39, 0.29) is 11.5 Å². The Kier molecular flexibility index (Phi) is 4.41. The van der Waals surface area contributed by atoms with Crippen LogP contribution in [0.3, 0.4) is 0 Å². The van der Waals surface area contributed by atoms with Gasteiger partial charge in [0.2, 0.25) is 5.89 Å². The van der Waals surface area contributed by atoms with Gasteiger partial charge in [0.15, 0.2) is 5.82 Å². The maximum absolute atomic E-state index is 12.4. The summed E-state index contributed by atoms with van der Waals surface area (Å²) in [5.41, 5.74) is 2.26. The summed E-state index contributed by atoms with van der Waals surface area (Å²) in [4.78, 5) is 19.2. The molecule has 0 amide bonds. The third-order valence-corrected chi connectivity index (χ3v) is 5.25. The maximum atomic E-state index is 12.4. The molecule has 7 nitrogen and oxygen atoms in total. The minimum atomic E-state index is 0.0207. The van der Waals surface area contributed by atoms with Crippen LogP contribution in [0.4, 0.5) is 0 Å². The lowest BCUT2D eigenvalue weighted by molar-refractivity contribution is 0.190. The molecule has 1 fully saturated rings. The third-order valence-electron chi connectivity index (χ3n) is 5.25. The SMILES string of the molecule is CC(C)c1noc(CN2CCCC2Cn2nc3c(cc2=O)CCC3)n1. The van der Waals surface area contributed by atoms with E-state index in [1.54, 1.807) is 10.7 Å². The molecule has 7 heteroatoms. The van der Waals surface area contributed by atoms with Crippen molar-refractivity contribution in [3.05, 3.63) is 39.4 Å². The number of hydrogen-bond acceptors (Lipinski definition) is 6. The van der Waals surface area contributed by atoms with Gasteiger partial charge in [0.1, 0.15) is 0 Å². The van der Waals surface area contributed by atoms with Crippen LogP contribution < -0.4 is 5.56 Å². The number of fused-ring (bicyclic) bond motifs is 1. The van der Waals surface area contributed by atoms with E-state index >= 15 is 0 Å². The second kappa shape index (κ2) is 6.71. The summed E-state index contributed by atoms with van der Waals surface area (Å²) >= 11 is 0. The lowest BCUT2D eigenvalue weighted by Gasteiger charge is -2.23. The number of aryl methyl sites for hydroxylation is 2. The predicted molar refractivity (Wildman–Crippen MR) is 92.3 cm³/mol. The smallest absolute Gasteiger partial charge is 0.267 e. The molecule has 25 heavy (non-hydrogen) atoms. The number of aromatic nitrogens is 4. The minimum absolute atomic E-state index is 0.0207. The Balaban J connectivity index is 1.47. The predicted octanol–water partition coefficient (Wildman–Crippen LogP) is 1.90. The van der Waals surface area contributed by atoms with Gasteiger partial charge < -0.3 is 4.52 Å². The average Bonchev–Trinajstić information content (AvgIpc) is 3.30. The Morgan fingerprint density at radius 2 is 2.20 bits per heavy atom. The minimum Gasteiger partial charge on any atom is -0.338 e. The molecule has 1 saturated heterocycles. The van der Waals surface area contributed by atoms with Gasteiger partial charge in [-0.25, -0.2) is 4.68 Å². The molecule has 1 aliphatic carbocycles. The quantitative estimate of drug-likeness (QED) is 0.825. The summed E-state index contributed by atoms with van der Waals surface area (Å²) in [5.74, 6) is 1.67. The summed E-state index contributed by atoms with van der Waals surface area (Å²) in [6.45, 7) is 6.38. The van der Waals surface area contributed by atoms with Crippen molar-refractivity contribution in [1.82, 2.24) is 24.8 Å². The molecule has 134 valence electrons. The summed E-state index contributed by atoms with van der Waals surface area (Å²) in [5, 5.41) is 8.65. The van der Waals surface area contributed by atoms with Gasteiger partial charge in [0, 0.05) is 18.0 Å². The highest BCUT2D eigenvalue weighted by Gasteiger charge is 2.28. The van der Waals surface area contributed by atoms with E-state index in [1.807, 2.05) is 0 Å². The van der Waals surface area contributed by atoms with Gasteiger partial charge in [0.05, 0.1) is 18.8 Å². The molecule has 4 rings (SSSR count). The van der Waals surface area contributed by atoms with Gasteiger partial charge in [-0.2, -0.15) is 10.1 Å². The lowest BCUT2D eigenvalue weighted by Crippen LogP contribution is -2.37. The second-order valence-corrected chi connectivity index (χ2v) is 7.46. The van der Waals surface area contributed by atoms with E-state index in [4.69, 9.17) is 4.52 Å². The molecule has 3 heterocycles. The fraction of sp³-hybridized carbons (Fsp3) is 0.667. The van der Waals surface area contributed by atoms with Gasteiger partial charge in [-0.3, -0.25) is 9.69 Å². The Morgan fingerprint density at radius 1 is 1.32 bits per heavy atom. The number of likely N-dealkylation sites (tertiary alicyclic amines) is 1. The first-order chi connectivity index (χ1) is 12.1. The fourth-order valence-electron chi connectivity index (χ4n) is 3.82. The largest absolute Gasteiger partial charge is 0.338 e. The summed E-state index contributed by atoms with van der Waals surface area (Å²) in [6.07, 6.45) is 5.27. The fourth-order valence-corrected chi connectivity index (χ4v) is 3.82. The zero-order chi connectivity index (χ0) is 17.4. The highest BCUT2D eigenvalue weighted by molar-refractivity contribution is 5.22. The molecule has 0 N–H and O–H groups in total. The molecule has 2 aliphatic rings. The number of rotatable bonds is 5. The van der Waals surface area contributed by atoms with E-state index in [2.05, 4.69) is 34.0 Å². The van der Waals surface area contributed by atoms with Crippen molar-refractivity contribution in [2.75, 3.05) is 6.54 Å². The van der Waals surface area contributed by atoms with Crippen molar-refractivity contribution in [3.8, 4) is 0 Å². The maximum Gasteiger partial charge on any atom is 0.267 e. The third kappa shape index (κ3) is 3.38. The lowest BCUT2D eigenvalue weighted by atomic mass is 10.2. The Bertz CT molecular complexity index is 810. The van der Waals surface area contributed by atoms with Gasteiger partial charge in [-0.05, 0) is 44.2 Å². The van der Waals surface area contributed by atoms with Crippen molar-refractivity contribution >= 4 is 0 Å². The van der Waals surface area contributed by atoms with Crippen LogP contribution in [0.25, 0.3) is 0 Å². The van der Waals surface area contributed by atoms with Crippen LogP contribution in [-0.2, 0) is 25.9 Å². The van der Waals surface area contributed by atoms with E-state index in [9.17, 15) is 4.79 Å². The first kappa shape index (κ1) is 16.4. The molecule has 2 aromatic heterocycles. The first-order valence-electron chi connectivity index (χ1n) is 9.26. The van der Waals surface area contributed by atoms with E-state index in [0.29, 0.717) is 25.0 Å². The first-order valence-corrected chi connectivity index (χ1v) is 9.26. The highest BCUT2D eigenvalue weighted by Crippen LogP contribution is 2.22. The summed E-state index contributed by atoms with van der Waals surface area (Å²) in [7, 11) is 0. The summed E-state index contributed by atoms with van der Waals surface area (Å²) in [6, 6.07) is 2.07. The summed E-state index contributed by atoms with van der Waals surface area (Å²) < 4.78 is 7.04. The molecular weight excluding hydrogens is 318 g/mol. The molecule has 0 bridgehead atoms. The van der Waals surface area contributed by atoms with Crippen molar-refractivity contribution < 1.29 is 4.52 Å². The van der Waals surface area contributed by atoms with Crippen LogP contribution in [0.1, 0.15) is 62.0 Å². The van der Waals surface area contributed by atoms with Crippen molar-refractivity contribution in [2.24, 2.45) is 0 Å². The zero-order valence-electron chi connectivity index (χ0n) is 14.9. The standard InChI is InChI=1S/C18H25N5O2/c1-12(2)18-19-16(25-21-18)11-22-8-4-6-14(22)10-23-17(24)9-13-5-3-7-15(13)20-23/h9,12,14H,3-8,10-11H2,1-2H3. The Morgan fingerprint density at radius 3 is 3.00 bits per heavy atom. The average molecular weight is 343 g/mol. The zero-order valence-corrected chi connectivity index (χ0v) is 14.9. The Labute approximate surface area is 147 Å². The monoisotopic (exact) mass is 343 g/mol. The number of hydrogen-bond donors (Lipinski definition) is 0. The molecule has 1 unspecified atom stereocenters. The van der Waals surface area contributed by atoms with E-state index in [0.717, 1.165) is 55.7 Å². The topological polar surface area (TPSA) is 77.0 Å². The van der Waals surface area contributed by atoms with Crippen molar-refractivity contribution in [3.63, 3.8) is 0 Å². The van der Waals surface area contributed by atoms with Gasteiger partial charge >= 0.3 is 0 Å². The normalized spacial score (nSPS) is 20.5. The van der Waals surface area contributed by atoms with Crippen LogP contribution >= 0.6 is 0 Å². The molecule has 1 aliphatic heterocycles. The van der Waals surface area contributed by atoms with Gasteiger partial charge in [-0.1, -0.05) is 19.0 Å². The van der Waals surface area contributed by atoms with Crippen LogP contribution in [0.5, 0.6) is 0 Å². The molecule has 2 aromatic rings. The van der Waals surface area contributed by atoms with E-state index < -0.39 is 0 Å². The van der Waals surface area contributed by atoms with E-state index in [1.165, 1.54) is 0 Å². The van der Waals surface area contributed by atoms with Gasteiger partial charge in [0.25, 0.3) is 5.56 Å². The van der Waals surface area contributed by atoms with Crippen LogP contribution in [0.2, 0.25) is 0 Å². The van der Waals surface area contributed by atoms with Crippen molar-refractivity contribution in [1.29, 1.82) is 0 Å². The molecule has 0 aromatic carbocycles. The Hall–Kier alpha value is -2.02. The van der Waals surface area contributed by atoms with Gasteiger partial charge in [-0.15, -0.1) is 0 Å². The van der Waals surface area contributed by atoms with Crippen LogP contribution in [0.15, 0.2) is 15.4 Å². The molecule has 0 saturated carbocycles. The van der Waals surface area contributed by atoms with Crippen LogP contribution in [-0.4, -0.2) is 37.4 Å². The number of nitrogens with zero attached hydrogens (tertiary/aromatic N) is 5. The van der Waals surface area contributed by atoms with Crippen molar-refractivity contribution in [2.45, 2.75) is 71.0 Å². The molecular formula is C18H25N5O2. The highest BCUT2D eigenvalue weighted by atomic mass is 16.5. The molecule has 0 radical (unpaired) electrons. The van der Waals surface area contributed by atoms with Crippen LogP contribution in [0, 0.1) is 0 Å².